The van der Waals surface area contributed by atoms with Gasteiger partial charge in [-0.25, -0.2) is 13.2 Å². The number of benzene rings is 1. The second-order valence-corrected chi connectivity index (χ2v) is 8.21. The molecule has 0 aromatic heterocycles. The molecule has 1 aliphatic heterocycles. The number of nitrogens with zero attached hydrogens (tertiary/aromatic N) is 1. The molecule has 0 aliphatic carbocycles. The van der Waals surface area contributed by atoms with Gasteiger partial charge in [-0.2, -0.15) is 4.31 Å². The highest BCUT2D eigenvalue weighted by Gasteiger charge is 2.38. The Morgan fingerprint density at radius 3 is 2.46 bits per heavy atom. The first-order valence-electron chi connectivity index (χ1n) is 8.97. The van der Waals surface area contributed by atoms with E-state index in [1.165, 1.54) is 12.1 Å². The molecule has 1 aromatic rings. The zero-order chi connectivity index (χ0) is 20.7. The maximum absolute atomic E-state index is 12.9. The van der Waals surface area contributed by atoms with Crippen LogP contribution in [0.2, 0.25) is 0 Å². The Hall–Kier alpha value is -2.46. The molecule has 1 fully saturated rings. The largest absolute Gasteiger partial charge is 0.454 e. The first kappa shape index (κ1) is 21.8. The van der Waals surface area contributed by atoms with Crippen molar-refractivity contribution in [2.45, 2.75) is 44.0 Å². The Morgan fingerprint density at radius 1 is 1.14 bits per heavy atom. The third-order valence-electron chi connectivity index (χ3n) is 4.22. The van der Waals surface area contributed by atoms with Crippen LogP contribution in [0.3, 0.4) is 0 Å². The lowest BCUT2D eigenvalue weighted by Crippen LogP contribution is -2.49. The Kier molecular flexibility index (Phi) is 7.53. The summed E-state index contributed by atoms with van der Waals surface area (Å²) in [4.78, 5) is 35.3. The van der Waals surface area contributed by atoms with Gasteiger partial charge >= 0.3 is 12.1 Å². The molecule has 1 heterocycles. The van der Waals surface area contributed by atoms with Gasteiger partial charge in [0, 0.05) is 6.54 Å². The van der Waals surface area contributed by atoms with E-state index < -0.39 is 40.6 Å². The minimum Gasteiger partial charge on any atom is -0.454 e. The summed E-state index contributed by atoms with van der Waals surface area (Å²) in [5, 5.41) is 1.90. The molecular formula is C18H24N2O7S. The Morgan fingerprint density at radius 2 is 1.82 bits per heavy atom. The van der Waals surface area contributed by atoms with Crippen molar-refractivity contribution in [3.05, 3.63) is 29.8 Å². The molecule has 0 unspecified atom stereocenters. The monoisotopic (exact) mass is 412 g/mol. The average molecular weight is 412 g/mol. The second kappa shape index (κ2) is 9.65. The maximum Gasteiger partial charge on any atom is 0.413 e. The van der Waals surface area contributed by atoms with Crippen molar-refractivity contribution in [3.63, 3.8) is 0 Å². The van der Waals surface area contributed by atoms with E-state index in [1.807, 2.05) is 12.2 Å². The molecule has 0 saturated carbocycles. The second-order valence-electron chi connectivity index (χ2n) is 6.32. The van der Waals surface area contributed by atoms with Gasteiger partial charge in [-0.3, -0.25) is 14.9 Å². The lowest BCUT2D eigenvalue weighted by atomic mass is 10.1. The van der Waals surface area contributed by atoms with Gasteiger partial charge < -0.3 is 9.47 Å². The standard InChI is InChI=1S/C18H24N2O7S/c1-3-26-18(23)19-16(21)12-27-17(22)15-6-4-5-11-20(15)28(24,25)14-9-7-13(2)8-10-14/h7-10,15H,3-6,11-12H2,1-2H3,(H,19,21,23)/t15-/m1/s1. The molecule has 1 atom stereocenters. The molecule has 1 N–H and O–H groups in total. The van der Waals surface area contributed by atoms with Crippen LogP contribution in [0.1, 0.15) is 31.7 Å². The van der Waals surface area contributed by atoms with Gasteiger partial charge in [0.15, 0.2) is 6.61 Å². The number of amides is 2. The van der Waals surface area contributed by atoms with Crippen LogP contribution < -0.4 is 5.32 Å². The van der Waals surface area contributed by atoms with Crippen molar-refractivity contribution >= 4 is 28.0 Å². The number of rotatable bonds is 6. The SMILES string of the molecule is CCOC(=O)NC(=O)COC(=O)[C@H]1CCCCN1S(=O)(=O)c1ccc(C)cc1. The van der Waals surface area contributed by atoms with Gasteiger partial charge in [0.05, 0.1) is 11.5 Å². The van der Waals surface area contributed by atoms with Crippen LogP contribution in [0, 0.1) is 6.92 Å². The van der Waals surface area contributed by atoms with Crippen molar-refractivity contribution < 1.29 is 32.3 Å². The van der Waals surface area contributed by atoms with E-state index in [0.29, 0.717) is 19.3 Å². The van der Waals surface area contributed by atoms with E-state index in [1.54, 1.807) is 19.1 Å². The molecule has 9 nitrogen and oxygen atoms in total. The summed E-state index contributed by atoms with van der Waals surface area (Å²) in [7, 11) is -3.88. The Bertz CT molecular complexity index is 821. The quantitative estimate of drug-likeness (QED) is 0.701. The van der Waals surface area contributed by atoms with E-state index in [4.69, 9.17) is 4.74 Å². The van der Waals surface area contributed by atoms with Crippen molar-refractivity contribution in [2.75, 3.05) is 19.8 Å². The fourth-order valence-electron chi connectivity index (χ4n) is 2.82. The van der Waals surface area contributed by atoms with Crippen LogP contribution in [-0.2, 0) is 29.1 Å². The number of ether oxygens (including phenoxy) is 2. The van der Waals surface area contributed by atoms with Crippen LogP contribution >= 0.6 is 0 Å². The molecular weight excluding hydrogens is 388 g/mol. The first-order chi connectivity index (χ1) is 13.3. The minimum absolute atomic E-state index is 0.0901. The number of hydrogen-bond donors (Lipinski definition) is 1. The molecule has 154 valence electrons. The van der Waals surface area contributed by atoms with E-state index in [0.717, 1.165) is 9.87 Å². The van der Waals surface area contributed by atoms with Gasteiger partial charge in [0.2, 0.25) is 10.0 Å². The van der Waals surface area contributed by atoms with Crippen LogP contribution in [0.25, 0.3) is 0 Å². The molecule has 1 aliphatic rings. The fourth-order valence-corrected chi connectivity index (χ4v) is 4.47. The molecule has 1 aromatic carbocycles. The highest BCUT2D eigenvalue weighted by molar-refractivity contribution is 7.89. The predicted octanol–water partition coefficient (Wildman–Crippen LogP) is 1.35. The number of piperidine rings is 1. The minimum atomic E-state index is -3.88. The number of imide groups is 1. The lowest BCUT2D eigenvalue weighted by Gasteiger charge is -2.32. The molecule has 10 heteroatoms. The summed E-state index contributed by atoms with van der Waals surface area (Å²) in [5.41, 5.74) is 0.918. The van der Waals surface area contributed by atoms with Crippen LogP contribution in [0.15, 0.2) is 29.2 Å². The van der Waals surface area contributed by atoms with E-state index in [-0.39, 0.29) is 18.0 Å². The molecule has 0 spiro atoms. The van der Waals surface area contributed by atoms with Crippen molar-refractivity contribution in [2.24, 2.45) is 0 Å². The lowest BCUT2D eigenvalue weighted by molar-refractivity contribution is -0.153. The zero-order valence-electron chi connectivity index (χ0n) is 15.8. The third kappa shape index (κ3) is 5.52. The number of carbonyl (C=O) groups excluding carboxylic acids is 3. The number of esters is 1. The summed E-state index contributed by atoms with van der Waals surface area (Å²) in [6, 6.07) is 5.34. The molecule has 0 bridgehead atoms. The topological polar surface area (TPSA) is 119 Å². The summed E-state index contributed by atoms with van der Waals surface area (Å²) in [6.07, 6.45) is 0.640. The molecule has 0 radical (unpaired) electrons. The molecule has 2 amide bonds. The Balaban J connectivity index is 2.05. The summed E-state index contributed by atoms with van der Waals surface area (Å²) >= 11 is 0. The van der Waals surface area contributed by atoms with Crippen LogP contribution in [0.5, 0.6) is 0 Å². The first-order valence-corrected chi connectivity index (χ1v) is 10.4. The van der Waals surface area contributed by atoms with E-state index >= 15 is 0 Å². The zero-order valence-corrected chi connectivity index (χ0v) is 16.7. The third-order valence-corrected chi connectivity index (χ3v) is 6.14. The number of nitrogens with one attached hydrogen (secondary N) is 1. The average Bonchev–Trinajstić information content (AvgIpc) is 2.66. The molecule has 2 rings (SSSR count). The fraction of sp³-hybridized carbons (Fsp3) is 0.500. The van der Waals surface area contributed by atoms with Crippen molar-refractivity contribution in [1.82, 2.24) is 9.62 Å². The van der Waals surface area contributed by atoms with Gasteiger partial charge in [-0.1, -0.05) is 17.7 Å². The molecule has 1 saturated heterocycles. The van der Waals surface area contributed by atoms with E-state index in [9.17, 15) is 22.8 Å². The summed E-state index contributed by atoms with van der Waals surface area (Å²) < 4.78 is 36.5. The van der Waals surface area contributed by atoms with Crippen LogP contribution in [0.4, 0.5) is 4.79 Å². The maximum atomic E-state index is 12.9. The van der Waals surface area contributed by atoms with Gasteiger partial charge in [0.1, 0.15) is 6.04 Å². The highest BCUT2D eigenvalue weighted by atomic mass is 32.2. The predicted molar refractivity (Wildman–Crippen MR) is 98.8 cm³/mol. The number of alkyl carbamates (subject to hydrolysis) is 1. The van der Waals surface area contributed by atoms with Crippen LogP contribution in [-0.4, -0.2) is 56.5 Å². The van der Waals surface area contributed by atoms with Gasteiger partial charge in [0.25, 0.3) is 5.91 Å². The molecule has 28 heavy (non-hydrogen) atoms. The van der Waals surface area contributed by atoms with Gasteiger partial charge in [-0.05, 0) is 45.2 Å². The van der Waals surface area contributed by atoms with Crippen molar-refractivity contribution in [3.8, 4) is 0 Å². The number of hydrogen-bond acceptors (Lipinski definition) is 7. The number of sulfonamides is 1. The number of aryl methyl sites for hydroxylation is 1. The highest BCUT2D eigenvalue weighted by Crippen LogP contribution is 2.26. The summed E-state index contributed by atoms with van der Waals surface area (Å²) in [5.74, 6) is -1.68. The van der Waals surface area contributed by atoms with E-state index in [2.05, 4.69) is 4.74 Å². The van der Waals surface area contributed by atoms with Crippen molar-refractivity contribution in [1.29, 1.82) is 0 Å². The smallest absolute Gasteiger partial charge is 0.413 e. The summed E-state index contributed by atoms with van der Waals surface area (Å²) in [6.45, 7) is 3.00. The normalized spacial score (nSPS) is 17.6. The Labute approximate surface area is 164 Å². The van der Waals surface area contributed by atoms with Gasteiger partial charge in [-0.15, -0.1) is 0 Å². The number of carbonyl (C=O) groups is 3.